The van der Waals surface area contributed by atoms with Gasteiger partial charge in [-0.15, -0.1) is 5.10 Å². The molecule has 0 fully saturated rings. The number of nitrogens with zero attached hydrogens (tertiary/aromatic N) is 3. The average Bonchev–Trinajstić information content (AvgIpc) is 2.77. The maximum Gasteiger partial charge on any atom is 0.325 e. The fraction of sp³-hybridized carbons (Fsp3) is 0.214. The van der Waals surface area contributed by atoms with Crippen molar-refractivity contribution in [2.24, 2.45) is 21.7 Å². The van der Waals surface area contributed by atoms with Crippen LogP contribution in [-0.4, -0.2) is 29.3 Å². The van der Waals surface area contributed by atoms with Gasteiger partial charge in [-0.2, -0.15) is 5.10 Å². The summed E-state index contributed by atoms with van der Waals surface area (Å²) in [6.45, 7) is 2.28. The Bertz CT molecular complexity index is 698. The highest BCUT2D eigenvalue weighted by atomic mass is 16.5. The fourth-order valence-corrected chi connectivity index (χ4v) is 2.01. The van der Waals surface area contributed by atoms with Gasteiger partial charge in [0.2, 0.25) is 5.96 Å². The third-order valence-corrected chi connectivity index (χ3v) is 2.79. The van der Waals surface area contributed by atoms with E-state index in [0.717, 1.165) is 16.5 Å². The molecule has 2 aromatic rings. The molecule has 0 amide bonds. The van der Waals surface area contributed by atoms with E-state index in [1.165, 1.54) is 0 Å². The molecule has 0 saturated carbocycles. The van der Waals surface area contributed by atoms with Gasteiger partial charge >= 0.3 is 5.97 Å². The monoisotopic (exact) mass is 287 g/mol. The number of guanidine groups is 1. The Labute approximate surface area is 121 Å². The first-order valence-electron chi connectivity index (χ1n) is 6.47. The zero-order chi connectivity index (χ0) is 15.2. The van der Waals surface area contributed by atoms with Crippen LogP contribution in [0.4, 0.5) is 0 Å². The number of ether oxygens (including phenoxy) is 1. The number of carbonyl (C=O) groups excluding carboxylic acids is 1. The van der Waals surface area contributed by atoms with E-state index in [1.54, 1.807) is 13.1 Å². The van der Waals surface area contributed by atoms with E-state index in [-0.39, 0.29) is 18.5 Å². The molecule has 2 rings (SSSR count). The van der Waals surface area contributed by atoms with E-state index in [2.05, 4.69) is 10.2 Å². The Hall–Kier alpha value is -2.83. The van der Waals surface area contributed by atoms with Crippen LogP contribution >= 0.6 is 0 Å². The maximum absolute atomic E-state index is 11.6. The first kappa shape index (κ1) is 14.6. The zero-order valence-corrected chi connectivity index (χ0v) is 11.7. The van der Waals surface area contributed by atoms with E-state index in [0.29, 0.717) is 6.61 Å². The molecular formula is C14H17N5O2. The van der Waals surface area contributed by atoms with Crippen molar-refractivity contribution in [3.63, 3.8) is 0 Å². The molecule has 0 radical (unpaired) electrons. The third kappa shape index (κ3) is 3.59. The molecule has 0 aliphatic rings. The Kier molecular flexibility index (Phi) is 4.55. The molecule has 0 aliphatic carbocycles. The van der Waals surface area contributed by atoms with Crippen LogP contribution in [0.3, 0.4) is 0 Å². The van der Waals surface area contributed by atoms with E-state index in [1.807, 2.05) is 35.0 Å². The lowest BCUT2D eigenvalue weighted by atomic mass is 10.2. The molecule has 1 aromatic carbocycles. The minimum absolute atomic E-state index is 0.110. The summed E-state index contributed by atoms with van der Waals surface area (Å²) in [7, 11) is 0. The summed E-state index contributed by atoms with van der Waals surface area (Å²) >= 11 is 0. The summed E-state index contributed by atoms with van der Waals surface area (Å²) in [4.78, 5) is 11.6. The van der Waals surface area contributed by atoms with Crippen molar-refractivity contribution in [1.29, 1.82) is 0 Å². The highest BCUT2D eigenvalue weighted by Crippen LogP contribution is 2.20. The van der Waals surface area contributed by atoms with Crippen molar-refractivity contribution >= 4 is 29.0 Å². The van der Waals surface area contributed by atoms with Crippen LogP contribution in [0.2, 0.25) is 0 Å². The van der Waals surface area contributed by atoms with Crippen LogP contribution in [0, 0.1) is 0 Å². The summed E-state index contributed by atoms with van der Waals surface area (Å²) in [5, 5.41) is 8.33. The van der Waals surface area contributed by atoms with E-state index < -0.39 is 0 Å². The second-order valence-corrected chi connectivity index (χ2v) is 4.30. The van der Waals surface area contributed by atoms with Gasteiger partial charge < -0.3 is 20.8 Å². The molecule has 0 atom stereocenters. The van der Waals surface area contributed by atoms with Crippen molar-refractivity contribution in [2.75, 3.05) is 6.61 Å². The fourth-order valence-electron chi connectivity index (χ4n) is 2.01. The van der Waals surface area contributed by atoms with E-state index in [9.17, 15) is 4.79 Å². The van der Waals surface area contributed by atoms with E-state index >= 15 is 0 Å². The summed E-state index contributed by atoms with van der Waals surface area (Å²) in [6, 6.07) is 7.68. The highest BCUT2D eigenvalue weighted by molar-refractivity contribution is 6.00. The lowest BCUT2D eigenvalue weighted by Gasteiger charge is -2.04. The van der Waals surface area contributed by atoms with Crippen LogP contribution in [-0.2, 0) is 16.1 Å². The van der Waals surface area contributed by atoms with Crippen molar-refractivity contribution in [1.82, 2.24) is 4.57 Å². The minimum Gasteiger partial charge on any atom is -0.465 e. The van der Waals surface area contributed by atoms with Crippen molar-refractivity contribution in [3.05, 3.63) is 36.0 Å². The molecule has 21 heavy (non-hydrogen) atoms. The number of nitrogens with two attached hydrogens (primary N) is 2. The molecule has 0 unspecified atom stereocenters. The first-order chi connectivity index (χ1) is 10.1. The van der Waals surface area contributed by atoms with Gasteiger partial charge in [0.25, 0.3) is 0 Å². The van der Waals surface area contributed by atoms with Gasteiger partial charge in [-0.25, -0.2) is 0 Å². The lowest BCUT2D eigenvalue weighted by Crippen LogP contribution is -2.21. The molecule has 4 N–H and O–H groups in total. The SMILES string of the molecule is CCOC(=O)Cn1cc(/C=N\N=C(N)N)c2ccccc21. The predicted molar refractivity (Wildman–Crippen MR) is 82.0 cm³/mol. The Morgan fingerprint density at radius 2 is 2.14 bits per heavy atom. The summed E-state index contributed by atoms with van der Waals surface area (Å²) < 4.78 is 6.78. The standard InChI is InChI=1S/C14H17N5O2/c1-2-21-13(20)9-19-8-10(7-17-18-14(15)16)11-5-3-4-6-12(11)19/h3-8H,2,9H2,1H3,(H4,15,16,18)/b17-7-. The first-order valence-corrected chi connectivity index (χ1v) is 6.47. The number of hydrogen-bond donors (Lipinski definition) is 2. The minimum atomic E-state index is -0.286. The van der Waals surface area contributed by atoms with Crippen LogP contribution in [0.5, 0.6) is 0 Å². The predicted octanol–water partition coefficient (Wildman–Crippen LogP) is 0.812. The second kappa shape index (κ2) is 6.56. The molecule has 110 valence electrons. The average molecular weight is 287 g/mol. The maximum atomic E-state index is 11.6. The molecule has 7 heteroatoms. The number of hydrogen-bond acceptors (Lipinski definition) is 4. The molecule has 0 aliphatic heterocycles. The second-order valence-electron chi connectivity index (χ2n) is 4.30. The number of fused-ring (bicyclic) bond motifs is 1. The molecule has 1 aromatic heterocycles. The van der Waals surface area contributed by atoms with Gasteiger partial charge in [-0.1, -0.05) is 18.2 Å². The normalized spacial score (nSPS) is 10.9. The van der Waals surface area contributed by atoms with Crippen LogP contribution in [0.15, 0.2) is 40.7 Å². The van der Waals surface area contributed by atoms with Gasteiger partial charge in [0.15, 0.2) is 0 Å². The van der Waals surface area contributed by atoms with Crippen LogP contribution in [0.25, 0.3) is 10.9 Å². The topological polar surface area (TPSA) is 108 Å². The molecule has 0 saturated heterocycles. The van der Waals surface area contributed by atoms with Gasteiger partial charge in [-0.3, -0.25) is 4.79 Å². The number of esters is 1. The van der Waals surface area contributed by atoms with Gasteiger partial charge in [-0.05, 0) is 13.0 Å². The quantitative estimate of drug-likeness (QED) is 0.367. The number of carbonyl (C=O) groups is 1. The van der Waals surface area contributed by atoms with Gasteiger partial charge in [0.1, 0.15) is 6.54 Å². The van der Waals surface area contributed by atoms with Crippen molar-refractivity contribution < 1.29 is 9.53 Å². The highest BCUT2D eigenvalue weighted by Gasteiger charge is 2.10. The number of benzene rings is 1. The summed E-state index contributed by atoms with van der Waals surface area (Å²) in [6.07, 6.45) is 3.36. The summed E-state index contributed by atoms with van der Waals surface area (Å²) in [5.74, 6) is -0.396. The summed E-state index contributed by atoms with van der Waals surface area (Å²) in [5.41, 5.74) is 12.2. The Morgan fingerprint density at radius 3 is 2.86 bits per heavy atom. The molecule has 0 spiro atoms. The van der Waals surface area contributed by atoms with Crippen LogP contribution in [0.1, 0.15) is 12.5 Å². The lowest BCUT2D eigenvalue weighted by molar-refractivity contribution is -0.143. The number of aromatic nitrogens is 1. The molecule has 7 nitrogen and oxygen atoms in total. The zero-order valence-electron chi connectivity index (χ0n) is 11.7. The largest absolute Gasteiger partial charge is 0.465 e. The van der Waals surface area contributed by atoms with E-state index in [4.69, 9.17) is 16.2 Å². The van der Waals surface area contributed by atoms with Crippen molar-refractivity contribution in [3.8, 4) is 0 Å². The number of para-hydroxylation sites is 1. The van der Waals surface area contributed by atoms with Gasteiger partial charge in [0, 0.05) is 22.7 Å². The third-order valence-electron chi connectivity index (χ3n) is 2.79. The Morgan fingerprint density at radius 1 is 1.38 bits per heavy atom. The smallest absolute Gasteiger partial charge is 0.325 e. The number of rotatable bonds is 5. The van der Waals surface area contributed by atoms with Gasteiger partial charge in [0.05, 0.1) is 12.8 Å². The van der Waals surface area contributed by atoms with Crippen molar-refractivity contribution in [2.45, 2.75) is 13.5 Å². The molecule has 0 bridgehead atoms. The Balaban J connectivity index is 2.36. The molecule has 1 heterocycles. The van der Waals surface area contributed by atoms with Crippen LogP contribution < -0.4 is 11.5 Å². The molecular weight excluding hydrogens is 270 g/mol.